The van der Waals surface area contributed by atoms with Gasteiger partial charge in [0.1, 0.15) is 0 Å². The molecule has 2 atom stereocenters. The zero-order valence-corrected chi connectivity index (χ0v) is 17.1. The number of hydrogen-bond donors (Lipinski definition) is 1. The number of sulfonamides is 1. The monoisotopic (exact) mass is 380 g/mol. The number of aliphatic hydroxyl groups is 1. The molecule has 26 heavy (non-hydrogen) atoms. The molecule has 146 valence electrons. The maximum absolute atomic E-state index is 12.1. The molecule has 0 unspecified atom stereocenters. The normalized spacial score (nSPS) is 22.5. The second kappa shape index (κ2) is 9.13. The van der Waals surface area contributed by atoms with Crippen LogP contribution in [0.1, 0.15) is 25.8 Å². The van der Waals surface area contributed by atoms with Crippen LogP contribution in [0.25, 0.3) is 5.57 Å². The first-order chi connectivity index (χ1) is 12.2. The fraction of sp³-hybridized carbons (Fsp3) is 0.600. The van der Waals surface area contributed by atoms with Crippen molar-refractivity contribution in [2.75, 3.05) is 39.5 Å². The van der Waals surface area contributed by atoms with E-state index >= 15 is 0 Å². The second-order valence-corrected chi connectivity index (χ2v) is 10.0. The van der Waals surface area contributed by atoms with Crippen LogP contribution in [0.15, 0.2) is 36.4 Å². The molecule has 0 amide bonds. The summed E-state index contributed by atoms with van der Waals surface area (Å²) in [5, 5.41) is 10.4. The molecule has 1 aromatic rings. The van der Waals surface area contributed by atoms with Crippen LogP contribution < -0.4 is 0 Å². The number of hydrogen-bond acceptors (Lipinski definition) is 4. The highest BCUT2D eigenvalue weighted by Gasteiger charge is 2.35. The maximum atomic E-state index is 12.1. The third kappa shape index (κ3) is 5.91. The van der Waals surface area contributed by atoms with E-state index in [0.29, 0.717) is 19.0 Å². The van der Waals surface area contributed by atoms with Crippen LogP contribution in [0.3, 0.4) is 0 Å². The van der Waals surface area contributed by atoms with Crippen molar-refractivity contribution < 1.29 is 13.5 Å². The molecule has 1 aliphatic rings. The van der Waals surface area contributed by atoms with Crippen molar-refractivity contribution in [1.82, 2.24) is 9.21 Å². The zero-order chi connectivity index (χ0) is 19.3. The molecule has 0 bridgehead atoms. The lowest BCUT2D eigenvalue weighted by Gasteiger charge is -2.19. The number of benzene rings is 1. The lowest BCUT2D eigenvalue weighted by molar-refractivity contribution is 0.150. The number of aliphatic hydroxyl groups excluding tert-OH is 1. The van der Waals surface area contributed by atoms with E-state index in [2.05, 4.69) is 37.0 Å². The number of nitrogens with zero attached hydrogens (tertiary/aromatic N) is 2. The van der Waals surface area contributed by atoms with E-state index in [9.17, 15) is 13.5 Å². The first-order valence-electron chi connectivity index (χ1n) is 9.24. The van der Waals surface area contributed by atoms with Gasteiger partial charge < -0.3 is 5.11 Å². The minimum Gasteiger partial charge on any atom is -0.391 e. The molecule has 1 fully saturated rings. The van der Waals surface area contributed by atoms with Crippen LogP contribution in [0.4, 0.5) is 0 Å². The largest absolute Gasteiger partial charge is 0.391 e. The molecule has 6 heteroatoms. The predicted octanol–water partition coefficient (Wildman–Crippen LogP) is 2.30. The van der Waals surface area contributed by atoms with Gasteiger partial charge in [-0.1, -0.05) is 50.3 Å². The van der Waals surface area contributed by atoms with E-state index in [-0.39, 0.29) is 11.7 Å². The van der Waals surface area contributed by atoms with Crippen molar-refractivity contribution in [3.05, 3.63) is 42.0 Å². The minimum absolute atomic E-state index is 0.00591. The smallest absolute Gasteiger partial charge is 0.214 e. The van der Waals surface area contributed by atoms with Gasteiger partial charge in [0.25, 0.3) is 0 Å². The molecule has 0 spiro atoms. The summed E-state index contributed by atoms with van der Waals surface area (Å²) >= 11 is 0. The van der Waals surface area contributed by atoms with Gasteiger partial charge in [0.2, 0.25) is 10.0 Å². The minimum atomic E-state index is -3.31. The molecule has 1 saturated heterocycles. The molecule has 1 heterocycles. The summed E-state index contributed by atoms with van der Waals surface area (Å²) in [7, 11) is -0.231. The van der Waals surface area contributed by atoms with E-state index in [1.165, 1.54) is 29.5 Å². The first kappa shape index (κ1) is 21.1. The Balaban J connectivity index is 2.09. The van der Waals surface area contributed by atoms with Gasteiger partial charge in [-0.05, 0) is 23.5 Å². The molecular formula is C20H32N2O3S. The number of rotatable bonds is 8. The molecule has 0 aliphatic carbocycles. The van der Waals surface area contributed by atoms with Crippen LogP contribution in [0.5, 0.6) is 0 Å². The number of allylic oxidation sites excluding steroid dienone is 1. The van der Waals surface area contributed by atoms with Gasteiger partial charge in [0, 0.05) is 39.6 Å². The van der Waals surface area contributed by atoms with E-state index < -0.39 is 16.1 Å². The Morgan fingerprint density at radius 2 is 1.92 bits per heavy atom. The van der Waals surface area contributed by atoms with Gasteiger partial charge in [0.15, 0.2) is 0 Å². The summed E-state index contributed by atoms with van der Waals surface area (Å²) in [6, 6.07) is 10.3. The fourth-order valence-corrected chi connectivity index (χ4v) is 4.37. The quantitative estimate of drug-likeness (QED) is 0.752. The Hall–Kier alpha value is -1.21. The Morgan fingerprint density at radius 3 is 2.50 bits per heavy atom. The topological polar surface area (TPSA) is 60.9 Å². The summed E-state index contributed by atoms with van der Waals surface area (Å²) < 4.78 is 25.5. The fourth-order valence-electron chi connectivity index (χ4n) is 3.20. The lowest BCUT2D eigenvalue weighted by atomic mass is 10.0. The molecule has 0 aromatic heterocycles. The van der Waals surface area contributed by atoms with Crippen molar-refractivity contribution in [2.45, 2.75) is 26.4 Å². The summed E-state index contributed by atoms with van der Waals surface area (Å²) in [5.74, 6) is 0.328. The molecular weight excluding hydrogens is 348 g/mol. The molecule has 1 N–H and O–H groups in total. The van der Waals surface area contributed by atoms with Crippen LogP contribution in [-0.4, -0.2) is 68.3 Å². The maximum Gasteiger partial charge on any atom is 0.214 e. The van der Waals surface area contributed by atoms with Crippen molar-refractivity contribution >= 4 is 15.6 Å². The molecule has 0 radical (unpaired) electrons. The summed E-state index contributed by atoms with van der Waals surface area (Å²) in [4.78, 5) is 2.17. The Morgan fingerprint density at radius 1 is 1.27 bits per heavy atom. The van der Waals surface area contributed by atoms with Gasteiger partial charge in [-0.3, -0.25) is 4.90 Å². The second-order valence-electron chi connectivity index (χ2n) is 7.81. The van der Waals surface area contributed by atoms with Crippen molar-refractivity contribution in [3.63, 3.8) is 0 Å². The molecule has 2 rings (SSSR count). The molecule has 0 saturated carbocycles. The molecule has 1 aromatic carbocycles. The summed E-state index contributed by atoms with van der Waals surface area (Å²) in [6.45, 7) is 6.23. The third-order valence-electron chi connectivity index (χ3n) is 4.84. The highest BCUT2D eigenvalue weighted by molar-refractivity contribution is 7.89. The first-order valence-corrected chi connectivity index (χ1v) is 10.8. The van der Waals surface area contributed by atoms with Crippen LogP contribution >= 0.6 is 0 Å². The molecule has 5 nitrogen and oxygen atoms in total. The van der Waals surface area contributed by atoms with Crippen LogP contribution in [0, 0.1) is 11.8 Å². The average Bonchev–Trinajstić information content (AvgIpc) is 2.90. The molecule has 1 aliphatic heterocycles. The highest BCUT2D eigenvalue weighted by Crippen LogP contribution is 2.24. The van der Waals surface area contributed by atoms with Gasteiger partial charge >= 0.3 is 0 Å². The van der Waals surface area contributed by atoms with Crippen LogP contribution in [-0.2, 0) is 10.0 Å². The van der Waals surface area contributed by atoms with Crippen molar-refractivity contribution in [1.29, 1.82) is 0 Å². The van der Waals surface area contributed by atoms with E-state index in [1.54, 1.807) is 0 Å². The van der Waals surface area contributed by atoms with E-state index in [4.69, 9.17) is 0 Å². The Labute approximate surface area is 158 Å². The Bertz CT molecular complexity index is 699. The van der Waals surface area contributed by atoms with Crippen LogP contribution in [0.2, 0.25) is 0 Å². The van der Waals surface area contributed by atoms with Gasteiger partial charge in [-0.15, -0.1) is 0 Å². The van der Waals surface area contributed by atoms with Crippen molar-refractivity contribution in [3.8, 4) is 0 Å². The van der Waals surface area contributed by atoms with Crippen molar-refractivity contribution in [2.24, 2.45) is 11.8 Å². The van der Waals surface area contributed by atoms with Gasteiger partial charge in [0.05, 0.1) is 11.9 Å². The third-order valence-corrected chi connectivity index (χ3v) is 6.80. The van der Waals surface area contributed by atoms with Gasteiger partial charge in [-0.25, -0.2) is 12.7 Å². The number of β-amino-alcohol motifs (C(OH)–C–C–N with tert-alkyl or cyclic N) is 1. The highest BCUT2D eigenvalue weighted by atomic mass is 32.2. The number of likely N-dealkylation sites (tertiary alicyclic amines) is 1. The summed E-state index contributed by atoms with van der Waals surface area (Å²) in [6.07, 6.45) is 2.67. The van der Waals surface area contributed by atoms with E-state index in [1.807, 2.05) is 18.2 Å². The predicted molar refractivity (Wildman–Crippen MR) is 107 cm³/mol. The van der Waals surface area contributed by atoms with Gasteiger partial charge in [-0.2, -0.15) is 0 Å². The Kier molecular flexibility index (Phi) is 7.41. The van der Waals surface area contributed by atoms with E-state index in [0.717, 1.165) is 13.0 Å². The SMILES string of the molecule is CC(C)C/C=C(\CN1C[C@@H](CS(=O)(=O)N(C)C)[C@@H](O)C1)c1ccccc1. The average molecular weight is 381 g/mol. The zero-order valence-electron chi connectivity index (χ0n) is 16.3. The lowest BCUT2D eigenvalue weighted by Crippen LogP contribution is -2.33. The summed E-state index contributed by atoms with van der Waals surface area (Å²) in [5.41, 5.74) is 2.43. The standard InChI is InChI=1S/C20H32N2O3S/c1-16(2)10-11-18(17-8-6-5-7-9-17)12-22-13-19(20(23)14-22)15-26(24,25)21(3)4/h5-9,11,16,19-20,23H,10,12-15H2,1-4H3/b18-11+/t19-,20-/m0/s1.